The van der Waals surface area contributed by atoms with E-state index in [1.54, 1.807) is 17.5 Å². The first-order valence-corrected chi connectivity index (χ1v) is 12.1. The second-order valence-electron chi connectivity index (χ2n) is 7.84. The van der Waals surface area contributed by atoms with Crippen LogP contribution in [0.1, 0.15) is 12.8 Å². The molecule has 4 rings (SSSR count). The fraction of sp³-hybridized carbons (Fsp3) is 0.222. The number of pyridine rings is 1. The van der Waals surface area contributed by atoms with Gasteiger partial charge in [-0.05, 0) is 76.8 Å². The number of nitrogens with zero attached hydrogens (tertiary/aromatic N) is 1. The summed E-state index contributed by atoms with van der Waals surface area (Å²) in [5.41, 5.74) is 16.8. The molecular formula is C27H29N3O2S. The molecular weight excluding hydrogens is 430 g/mol. The monoisotopic (exact) mass is 459 g/mol. The van der Waals surface area contributed by atoms with E-state index in [2.05, 4.69) is 33.9 Å². The van der Waals surface area contributed by atoms with Gasteiger partial charge in [-0.3, -0.25) is 4.98 Å². The molecule has 2 heterocycles. The van der Waals surface area contributed by atoms with E-state index in [1.165, 1.54) is 5.56 Å². The quantitative estimate of drug-likeness (QED) is 0.315. The van der Waals surface area contributed by atoms with E-state index in [4.69, 9.17) is 20.9 Å². The van der Waals surface area contributed by atoms with Crippen molar-refractivity contribution in [1.82, 2.24) is 4.98 Å². The predicted molar refractivity (Wildman–Crippen MR) is 136 cm³/mol. The van der Waals surface area contributed by atoms with Crippen LogP contribution in [0.4, 0.5) is 0 Å². The lowest BCUT2D eigenvalue weighted by Gasteiger charge is -2.25. The Kier molecular flexibility index (Phi) is 8.09. The minimum absolute atomic E-state index is 0.182. The SMILES string of the molecule is NCCC(Oc1cccc(-c2ccsc2)c1)C(N)CCOc1cccc(-c2cccnc2)c1. The first-order valence-electron chi connectivity index (χ1n) is 11.1. The topological polar surface area (TPSA) is 83.4 Å². The first-order chi connectivity index (χ1) is 16.2. The molecule has 2 aromatic carbocycles. The lowest BCUT2D eigenvalue weighted by Crippen LogP contribution is -2.41. The maximum absolute atomic E-state index is 6.50. The highest BCUT2D eigenvalue weighted by atomic mass is 32.1. The van der Waals surface area contributed by atoms with E-state index >= 15 is 0 Å². The van der Waals surface area contributed by atoms with Gasteiger partial charge in [0.25, 0.3) is 0 Å². The van der Waals surface area contributed by atoms with E-state index in [9.17, 15) is 0 Å². The van der Waals surface area contributed by atoms with E-state index in [0.717, 1.165) is 28.2 Å². The van der Waals surface area contributed by atoms with Crippen LogP contribution < -0.4 is 20.9 Å². The lowest BCUT2D eigenvalue weighted by molar-refractivity contribution is 0.147. The maximum Gasteiger partial charge on any atom is 0.120 e. The van der Waals surface area contributed by atoms with E-state index < -0.39 is 0 Å². The summed E-state index contributed by atoms with van der Waals surface area (Å²) in [6.07, 6.45) is 4.77. The molecule has 0 radical (unpaired) electrons. The minimum atomic E-state index is -0.195. The number of thiophene rings is 1. The zero-order chi connectivity index (χ0) is 22.9. The van der Waals surface area contributed by atoms with Gasteiger partial charge in [-0.1, -0.05) is 30.3 Å². The molecule has 0 aliphatic carbocycles. The van der Waals surface area contributed by atoms with Crippen molar-refractivity contribution < 1.29 is 9.47 Å². The van der Waals surface area contributed by atoms with Gasteiger partial charge in [-0.25, -0.2) is 0 Å². The highest BCUT2D eigenvalue weighted by molar-refractivity contribution is 7.08. The summed E-state index contributed by atoms with van der Waals surface area (Å²) in [6, 6.07) is 22.0. The standard InChI is InChI=1S/C27H29N3O2S/c28-12-9-27(32-25-8-2-5-21(17-25)23-11-15-33-19-23)26(29)10-14-31-24-7-1-4-20(16-24)22-6-3-13-30-18-22/h1-8,11,13,15-19,26-27H,9-10,12,14,28-29H2. The molecule has 5 nitrogen and oxygen atoms in total. The lowest BCUT2D eigenvalue weighted by atomic mass is 10.1. The molecule has 0 bridgehead atoms. The summed E-state index contributed by atoms with van der Waals surface area (Å²) in [4.78, 5) is 4.19. The smallest absolute Gasteiger partial charge is 0.120 e. The molecule has 0 saturated heterocycles. The van der Waals surface area contributed by atoms with Crippen LogP contribution in [0.25, 0.3) is 22.3 Å². The van der Waals surface area contributed by atoms with Crippen molar-refractivity contribution in [1.29, 1.82) is 0 Å². The Morgan fingerprint density at radius 2 is 1.61 bits per heavy atom. The molecule has 2 aromatic heterocycles. The Morgan fingerprint density at radius 1 is 0.848 bits per heavy atom. The van der Waals surface area contributed by atoms with Gasteiger partial charge < -0.3 is 20.9 Å². The van der Waals surface area contributed by atoms with Crippen LogP contribution in [0.5, 0.6) is 11.5 Å². The minimum Gasteiger partial charge on any atom is -0.494 e. The third-order valence-corrected chi connectivity index (χ3v) is 6.14. The molecule has 2 unspecified atom stereocenters. The van der Waals surface area contributed by atoms with Crippen LogP contribution in [-0.2, 0) is 0 Å². The van der Waals surface area contributed by atoms with E-state index in [0.29, 0.717) is 26.0 Å². The van der Waals surface area contributed by atoms with Crippen molar-refractivity contribution >= 4 is 11.3 Å². The van der Waals surface area contributed by atoms with Crippen molar-refractivity contribution in [3.63, 3.8) is 0 Å². The summed E-state index contributed by atoms with van der Waals surface area (Å²) in [5, 5.41) is 4.20. The average Bonchev–Trinajstić information content (AvgIpc) is 3.40. The summed E-state index contributed by atoms with van der Waals surface area (Å²) >= 11 is 1.68. The third kappa shape index (κ3) is 6.42. The fourth-order valence-electron chi connectivity index (χ4n) is 3.67. The van der Waals surface area contributed by atoms with Crippen LogP contribution >= 0.6 is 11.3 Å². The van der Waals surface area contributed by atoms with Crippen LogP contribution in [0, 0.1) is 0 Å². The van der Waals surface area contributed by atoms with E-state index in [-0.39, 0.29) is 12.1 Å². The van der Waals surface area contributed by atoms with Gasteiger partial charge >= 0.3 is 0 Å². The highest BCUT2D eigenvalue weighted by Gasteiger charge is 2.19. The molecule has 0 saturated carbocycles. The van der Waals surface area contributed by atoms with Crippen LogP contribution in [0.3, 0.4) is 0 Å². The molecule has 170 valence electrons. The van der Waals surface area contributed by atoms with Gasteiger partial charge in [0, 0.05) is 30.4 Å². The number of hydrogen-bond donors (Lipinski definition) is 2. The van der Waals surface area contributed by atoms with Gasteiger partial charge in [0.2, 0.25) is 0 Å². The van der Waals surface area contributed by atoms with Crippen molar-refractivity contribution in [3.05, 3.63) is 89.9 Å². The maximum atomic E-state index is 6.50. The molecule has 4 N–H and O–H groups in total. The van der Waals surface area contributed by atoms with Gasteiger partial charge in [0.05, 0.1) is 6.61 Å². The largest absolute Gasteiger partial charge is 0.494 e. The zero-order valence-corrected chi connectivity index (χ0v) is 19.3. The Bertz CT molecular complexity index is 1120. The molecule has 6 heteroatoms. The van der Waals surface area contributed by atoms with E-state index in [1.807, 2.05) is 54.7 Å². The number of rotatable bonds is 11. The first kappa shape index (κ1) is 23.0. The van der Waals surface area contributed by atoms with Crippen molar-refractivity contribution in [2.75, 3.05) is 13.2 Å². The summed E-state index contributed by atoms with van der Waals surface area (Å²) in [6.45, 7) is 1.01. The Labute approximate surface area is 199 Å². The molecule has 4 aromatic rings. The summed E-state index contributed by atoms with van der Waals surface area (Å²) in [7, 11) is 0. The zero-order valence-electron chi connectivity index (χ0n) is 18.5. The Morgan fingerprint density at radius 3 is 2.33 bits per heavy atom. The normalized spacial score (nSPS) is 12.8. The molecule has 0 amide bonds. The van der Waals surface area contributed by atoms with Crippen molar-refractivity contribution in [2.45, 2.75) is 25.0 Å². The Hall–Kier alpha value is -3.19. The molecule has 0 spiro atoms. The van der Waals surface area contributed by atoms with Crippen molar-refractivity contribution in [2.24, 2.45) is 11.5 Å². The fourth-order valence-corrected chi connectivity index (χ4v) is 4.34. The summed E-state index contributed by atoms with van der Waals surface area (Å²) < 4.78 is 12.3. The van der Waals surface area contributed by atoms with Gasteiger partial charge in [-0.2, -0.15) is 11.3 Å². The van der Waals surface area contributed by atoms with Crippen LogP contribution in [0.15, 0.2) is 89.9 Å². The highest BCUT2D eigenvalue weighted by Crippen LogP contribution is 2.27. The number of benzene rings is 2. The molecule has 0 fully saturated rings. The second-order valence-corrected chi connectivity index (χ2v) is 8.62. The van der Waals surface area contributed by atoms with Gasteiger partial charge in [-0.15, -0.1) is 0 Å². The molecule has 0 aliphatic rings. The molecule has 33 heavy (non-hydrogen) atoms. The Balaban J connectivity index is 1.34. The number of aromatic nitrogens is 1. The second kappa shape index (κ2) is 11.6. The molecule has 2 atom stereocenters. The predicted octanol–water partition coefficient (Wildman–Crippen LogP) is 5.37. The summed E-state index contributed by atoms with van der Waals surface area (Å²) in [5.74, 6) is 1.61. The van der Waals surface area contributed by atoms with Crippen LogP contribution in [0.2, 0.25) is 0 Å². The van der Waals surface area contributed by atoms with Crippen LogP contribution in [-0.4, -0.2) is 30.3 Å². The average molecular weight is 460 g/mol. The third-order valence-electron chi connectivity index (χ3n) is 5.45. The van der Waals surface area contributed by atoms with Gasteiger partial charge in [0.15, 0.2) is 0 Å². The van der Waals surface area contributed by atoms with Gasteiger partial charge in [0.1, 0.15) is 17.6 Å². The number of ether oxygens (including phenoxy) is 2. The van der Waals surface area contributed by atoms with Crippen molar-refractivity contribution in [3.8, 4) is 33.8 Å². The number of hydrogen-bond acceptors (Lipinski definition) is 6. The number of nitrogens with two attached hydrogens (primary N) is 2. The molecule has 0 aliphatic heterocycles.